The van der Waals surface area contributed by atoms with Gasteiger partial charge in [-0.2, -0.15) is 0 Å². The largest absolute Gasteiger partial charge is 0.472 e. The van der Waals surface area contributed by atoms with Crippen LogP contribution in [0, 0.1) is 0 Å². The van der Waals surface area contributed by atoms with E-state index >= 15 is 0 Å². The van der Waals surface area contributed by atoms with Gasteiger partial charge in [-0.1, -0.05) is 272 Å². The van der Waals surface area contributed by atoms with E-state index in [9.17, 15) is 43.2 Å². The van der Waals surface area contributed by atoms with Crippen LogP contribution in [0.3, 0.4) is 0 Å². The Morgan fingerprint density at radius 3 is 0.873 bits per heavy atom. The van der Waals surface area contributed by atoms with E-state index in [-0.39, 0.29) is 25.7 Å². The molecule has 17 nitrogen and oxygen atoms in total. The molecule has 102 heavy (non-hydrogen) atoms. The lowest BCUT2D eigenvalue weighted by Gasteiger charge is -2.21. The lowest BCUT2D eigenvalue weighted by Crippen LogP contribution is -2.30. The Kier molecular flexibility index (Phi) is 71.8. The van der Waals surface area contributed by atoms with E-state index in [1.54, 1.807) is 0 Å². The molecule has 0 aromatic rings. The van der Waals surface area contributed by atoms with Crippen molar-refractivity contribution in [1.29, 1.82) is 0 Å². The fourth-order valence-electron chi connectivity index (χ4n) is 10.5. The maximum atomic E-state index is 13.1. The molecule has 0 fully saturated rings. The summed E-state index contributed by atoms with van der Waals surface area (Å²) in [6.45, 7) is 4.72. The second-order valence-electron chi connectivity index (χ2n) is 26.7. The van der Waals surface area contributed by atoms with Crippen LogP contribution in [-0.4, -0.2) is 96.7 Å². The highest BCUT2D eigenvalue weighted by Gasteiger charge is 2.30. The number of ether oxygens (including phenoxy) is 4. The lowest BCUT2D eigenvalue weighted by molar-refractivity contribution is -0.161. The van der Waals surface area contributed by atoms with Gasteiger partial charge >= 0.3 is 39.5 Å². The maximum Gasteiger partial charge on any atom is 0.472 e. The molecule has 0 rings (SSSR count). The standard InChI is InChI=1S/C83H144O17P2/c1-5-9-13-17-21-25-29-33-37-38-42-46-50-54-58-62-66-70-83(88)100-79(74-94-81(86)68-64-60-56-52-48-44-40-35-31-27-23-19-15-11-7-3)76-98-102(91,92)96-72-77(84)71-95-101(89,90)97-75-78(99-82(87)69-65-61-57-53-49-45-41-36-32-28-24-20-16-12-8-4)73-93-80(85)67-63-59-55-51-47-43-39-34-30-26-22-18-14-10-6-2/h21,23,25-27,30,33-37,39-42,46,54,58,77-79,84H,5-20,22,24,28-29,31-32,38,43-45,47-53,55-57,59-76H2,1-4H3,(H,89,90)(H,91,92)/b25-21-,27-23-,30-26-,37-33-,39-34-,40-35-,41-36-,46-42-,58-54-/t77-,78+,79+/m0/s1. The molecular weight excluding hydrogens is 1330 g/mol. The number of aliphatic hydroxyl groups is 1. The summed E-state index contributed by atoms with van der Waals surface area (Å²) in [5, 5.41) is 10.6. The van der Waals surface area contributed by atoms with Crippen LogP contribution in [0.1, 0.15) is 336 Å². The first kappa shape index (κ1) is 97.7. The first-order valence-electron chi connectivity index (χ1n) is 40.1. The number of phosphoric acid groups is 2. The van der Waals surface area contributed by atoms with E-state index in [4.69, 9.17) is 37.0 Å². The number of hydrogen-bond donors (Lipinski definition) is 3. The van der Waals surface area contributed by atoms with Crippen molar-refractivity contribution in [2.75, 3.05) is 39.6 Å². The van der Waals surface area contributed by atoms with Gasteiger partial charge in [0.05, 0.1) is 26.4 Å². The van der Waals surface area contributed by atoms with Crippen molar-refractivity contribution < 1.29 is 80.2 Å². The predicted molar refractivity (Wildman–Crippen MR) is 418 cm³/mol. The highest BCUT2D eigenvalue weighted by Crippen LogP contribution is 2.45. The number of carbonyl (C=O) groups excluding carboxylic acids is 4. The van der Waals surface area contributed by atoms with Gasteiger partial charge < -0.3 is 33.8 Å². The van der Waals surface area contributed by atoms with Crippen LogP contribution < -0.4 is 0 Å². The number of allylic oxidation sites excluding steroid dienone is 18. The van der Waals surface area contributed by atoms with Gasteiger partial charge in [-0.15, -0.1) is 0 Å². The Morgan fingerprint density at radius 1 is 0.284 bits per heavy atom. The van der Waals surface area contributed by atoms with Crippen LogP contribution in [0.2, 0.25) is 0 Å². The first-order chi connectivity index (χ1) is 49.7. The molecule has 0 amide bonds. The molecule has 19 heteroatoms. The van der Waals surface area contributed by atoms with E-state index < -0.39 is 97.5 Å². The smallest absolute Gasteiger partial charge is 0.462 e. The number of unbranched alkanes of at least 4 members (excludes halogenated alkanes) is 32. The number of phosphoric ester groups is 2. The van der Waals surface area contributed by atoms with Crippen molar-refractivity contribution in [3.05, 3.63) is 109 Å². The number of carbonyl (C=O) groups is 4. The lowest BCUT2D eigenvalue weighted by atomic mass is 10.1. The third kappa shape index (κ3) is 74.0. The average Bonchev–Trinajstić information content (AvgIpc) is 0.917. The summed E-state index contributed by atoms with van der Waals surface area (Å²) in [4.78, 5) is 73.0. The van der Waals surface area contributed by atoms with E-state index in [1.165, 1.54) is 103 Å². The third-order valence-electron chi connectivity index (χ3n) is 16.7. The molecule has 0 radical (unpaired) electrons. The van der Waals surface area contributed by atoms with Gasteiger partial charge in [0.25, 0.3) is 0 Å². The number of esters is 4. The number of hydrogen-bond acceptors (Lipinski definition) is 15. The van der Waals surface area contributed by atoms with E-state index in [1.807, 2.05) is 12.2 Å². The molecule has 0 aromatic heterocycles. The van der Waals surface area contributed by atoms with Gasteiger partial charge in [-0.25, -0.2) is 9.13 Å². The highest BCUT2D eigenvalue weighted by molar-refractivity contribution is 7.47. The summed E-state index contributed by atoms with van der Waals surface area (Å²) in [5.41, 5.74) is 0. The Labute approximate surface area is 619 Å². The summed E-state index contributed by atoms with van der Waals surface area (Å²) in [6.07, 6.45) is 80.7. The molecular formula is C83H144O17P2. The fourth-order valence-corrected chi connectivity index (χ4v) is 12.1. The molecule has 0 aliphatic heterocycles. The van der Waals surface area contributed by atoms with E-state index in [0.717, 1.165) is 148 Å². The van der Waals surface area contributed by atoms with Crippen molar-refractivity contribution in [2.24, 2.45) is 0 Å². The van der Waals surface area contributed by atoms with Gasteiger partial charge in [-0.05, 0) is 148 Å². The Morgan fingerprint density at radius 2 is 0.520 bits per heavy atom. The van der Waals surface area contributed by atoms with Crippen molar-refractivity contribution >= 4 is 39.5 Å². The molecule has 5 atom stereocenters. The summed E-state index contributed by atoms with van der Waals surface area (Å²) in [7, 11) is -9.98. The average molecular weight is 1480 g/mol. The molecule has 0 bridgehead atoms. The number of rotatable bonds is 75. The predicted octanol–water partition coefficient (Wildman–Crippen LogP) is 23.3. The Bertz CT molecular complexity index is 2360. The van der Waals surface area contributed by atoms with Crippen molar-refractivity contribution in [3.63, 3.8) is 0 Å². The Balaban J connectivity index is 5.44. The minimum atomic E-state index is -5.00. The molecule has 0 aliphatic carbocycles. The van der Waals surface area contributed by atoms with Crippen molar-refractivity contribution in [2.45, 2.75) is 354 Å². The fraction of sp³-hybridized carbons (Fsp3) is 0.735. The molecule has 0 heterocycles. The molecule has 0 saturated heterocycles. The molecule has 0 aromatic carbocycles. The summed E-state index contributed by atoms with van der Waals surface area (Å²) >= 11 is 0. The van der Waals surface area contributed by atoms with E-state index in [2.05, 4.69) is 125 Å². The summed E-state index contributed by atoms with van der Waals surface area (Å²) in [6, 6.07) is 0. The summed E-state index contributed by atoms with van der Waals surface area (Å²) < 4.78 is 68.5. The Hall–Kier alpha value is -4.28. The van der Waals surface area contributed by atoms with Crippen LogP contribution in [0.15, 0.2) is 109 Å². The minimum absolute atomic E-state index is 0.0147. The molecule has 0 aliphatic rings. The summed E-state index contributed by atoms with van der Waals surface area (Å²) in [5.74, 6) is -2.27. The highest BCUT2D eigenvalue weighted by atomic mass is 31.2. The topological polar surface area (TPSA) is 237 Å². The molecule has 2 unspecified atom stereocenters. The zero-order valence-corrected chi connectivity index (χ0v) is 66.0. The van der Waals surface area contributed by atoms with Gasteiger partial charge in [0, 0.05) is 25.7 Å². The van der Waals surface area contributed by atoms with Gasteiger partial charge in [0.15, 0.2) is 12.2 Å². The minimum Gasteiger partial charge on any atom is -0.462 e. The van der Waals surface area contributed by atoms with Crippen molar-refractivity contribution in [1.82, 2.24) is 0 Å². The SMILES string of the molecule is CCCCC/C=C\C/C=C\C/C=C\C/C=C\CCCC(=O)O[C@H](COC(=O)CCCCCCC/C=C\C/C=C\CCCCC)COP(=O)(O)OC[C@@H](O)COP(=O)(O)OC[C@@H](COC(=O)CCCCCCC/C=C\C=C/CCCCCC)OC(=O)CCCCCCC/C=C\CCCCCCCC. The zero-order valence-electron chi connectivity index (χ0n) is 64.3. The first-order valence-corrected chi connectivity index (χ1v) is 43.1. The third-order valence-corrected chi connectivity index (χ3v) is 18.6. The van der Waals surface area contributed by atoms with Crippen LogP contribution in [-0.2, 0) is 65.4 Å². The zero-order chi connectivity index (χ0) is 74.6. The molecule has 0 spiro atoms. The van der Waals surface area contributed by atoms with Gasteiger partial charge in [-0.3, -0.25) is 37.3 Å². The molecule has 3 N–H and O–H groups in total. The van der Waals surface area contributed by atoms with Crippen molar-refractivity contribution in [3.8, 4) is 0 Å². The number of aliphatic hydroxyl groups excluding tert-OH is 1. The van der Waals surface area contributed by atoms with Crippen LogP contribution in [0.4, 0.5) is 0 Å². The van der Waals surface area contributed by atoms with Crippen LogP contribution >= 0.6 is 15.6 Å². The van der Waals surface area contributed by atoms with Gasteiger partial charge in [0.2, 0.25) is 0 Å². The monoisotopic (exact) mass is 1470 g/mol. The maximum absolute atomic E-state index is 13.1. The quantitative estimate of drug-likeness (QED) is 0.0128. The van der Waals surface area contributed by atoms with E-state index in [0.29, 0.717) is 32.1 Å². The molecule has 0 saturated carbocycles. The normalized spacial score (nSPS) is 14.5. The second kappa shape index (κ2) is 75.0. The van der Waals surface area contributed by atoms with Crippen LogP contribution in [0.25, 0.3) is 0 Å². The molecule has 588 valence electrons. The van der Waals surface area contributed by atoms with Crippen LogP contribution in [0.5, 0.6) is 0 Å². The second-order valence-corrected chi connectivity index (χ2v) is 29.6. The van der Waals surface area contributed by atoms with Gasteiger partial charge in [0.1, 0.15) is 19.3 Å².